The smallest absolute Gasteiger partial charge is 0.269 e. The summed E-state index contributed by atoms with van der Waals surface area (Å²) in [6.45, 7) is 4.39. The van der Waals surface area contributed by atoms with Crippen molar-refractivity contribution >= 4 is 16.7 Å². The van der Waals surface area contributed by atoms with Gasteiger partial charge >= 0.3 is 0 Å². The quantitative estimate of drug-likeness (QED) is 0.474. The maximum atomic E-state index is 15.0. The van der Waals surface area contributed by atoms with Crippen LogP contribution in [0.4, 0.5) is 14.5 Å². The van der Waals surface area contributed by atoms with Crippen molar-refractivity contribution in [3.8, 4) is 11.4 Å². The van der Waals surface area contributed by atoms with Gasteiger partial charge in [0, 0.05) is 45.3 Å². The van der Waals surface area contributed by atoms with E-state index in [0.717, 1.165) is 0 Å². The monoisotopic (exact) mass is 452 g/mol. The number of hydrogen-bond acceptors (Lipinski definition) is 7. The number of hydrogen-bond donors (Lipinski definition) is 1. The topological polar surface area (TPSA) is 95.8 Å². The first kappa shape index (κ1) is 21.1. The minimum Gasteiger partial charge on any atom is -0.365 e. The second kappa shape index (κ2) is 8.32. The molecule has 1 fully saturated rings. The van der Waals surface area contributed by atoms with Crippen LogP contribution >= 0.6 is 0 Å². The predicted octanol–water partition coefficient (Wildman–Crippen LogP) is 2.02. The van der Waals surface area contributed by atoms with Crippen molar-refractivity contribution in [1.29, 1.82) is 0 Å². The van der Waals surface area contributed by atoms with E-state index >= 15 is 0 Å². The Morgan fingerprint density at radius 3 is 2.52 bits per heavy atom. The van der Waals surface area contributed by atoms with Gasteiger partial charge in [0.25, 0.3) is 5.56 Å². The Morgan fingerprint density at radius 1 is 1.03 bits per heavy atom. The van der Waals surface area contributed by atoms with E-state index in [4.69, 9.17) is 0 Å². The van der Waals surface area contributed by atoms with E-state index in [9.17, 15) is 13.6 Å². The van der Waals surface area contributed by atoms with Crippen molar-refractivity contribution in [3.05, 3.63) is 63.8 Å². The molecule has 1 aliphatic heterocycles. The van der Waals surface area contributed by atoms with E-state index in [1.165, 1.54) is 4.68 Å². The van der Waals surface area contributed by atoms with Gasteiger partial charge in [-0.15, -0.1) is 5.10 Å². The number of nitrogens with zero attached hydrogens (tertiary/aromatic N) is 7. The molecule has 0 unspecified atom stereocenters. The Labute approximate surface area is 187 Å². The minimum absolute atomic E-state index is 0.123. The van der Waals surface area contributed by atoms with E-state index in [0.29, 0.717) is 66.6 Å². The molecule has 3 aromatic heterocycles. The van der Waals surface area contributed by atoms with Crippen LogP contribution < -0.4 is 10.5 Å². The zero-order valence-corrected chi connectivity index (χ0v) is 18.2. The van der Waals surface area contributed by atoms with Gasteiger partial charge < -0.3 is 9.88 Å². The Bertz CT molecular complexity index is 1390. The number of fused-ring (bicyclic) bond motifs is 1. The molecule has 1 aliphatic rings. The molecular weight excluding hydrogens is 430 g/mol. The number of halogens is 2. The number of piperazine rings is 1. The Morgan fingerprint density at radius 2 is 1.82 bits per heavy atom. The van der Waals surface area contributed by atoms with Crippen molar-refractivity contribution in [1.82, 2.24) is 34.8 Å². The summed E-state index contributed by atoms with van der Waals surface area (Å²) in [4.78, 5) is 26.6. The molecule has 0 aliphatic carbocycles. The van der Waals surface area contributed by atoms with Gasteiger partial charge in [0.1, 0.15) is 16.9 Å². The molecule has 0 bridgehead atoms. The lowest BCUT2D eigenvalue weighted by molar-refractivity contribution is 0.246. The van der Waals surface area contributed by atoms with Crippen molar-refractivity contribution in [2.45, 2.75) is 13.5 Å². The third-order valence-electron chi connectivity index (χ3n) is 5.86. The van der Waals surface area contributed by atoms with Crippen LogP contribution in [0.5, 0.6) is 0 Å². The first-order valence-corrected chi connectivity index (χ1v) is 10.6. The SMILES string of the molecule is Cc1nc2ccc(CN3CCN(c4ccc(-c5cn(C)nn5)nc4F)CC3)c(F)c2[nH]c1=O. The molecule has 11 heteroatoms. The van der Waals surface area contributed by atoms with Gasteiger partial charge in [0.2, 0.25) is 5.95 Å². The first-order valence-electron chi connectivity index (χ1n) is 10.6. The average molecular weight is 452 g/mol. The number of aromatic nitrogens is 6. The molecule has 1 saturated heterocycles. The molecule has 4 aromatic rings. The highest BCUT2D eigenvalue weighted by atomic mass is 19.1. The number of anilines is 1. The maximum Gasteiger partial charge on any atom is 0.269 e. The van der Waals surface area contributed by atoms with Crippen LogP contribution in [-0.2, 0) is 13.6 Å². The third kappa shape index (κ3) is 4.07. The summed E-state index contributed by atoms with van der Waals surface area (Å²) in [5.74, 6) is -1.02. The molecule has 0 amide bonds. The Hall–Kier alpha value is -3.73. The standard InChI is InChI=1S/C22H22F2N8O/c1-13-22(33)27-20-16(25-13)4-3-14(19(20)23)11-31-7-9-32(10-8-31)18-6-5-15(26-21(18)24)17-12-30(2)29-28-17/h3-6,12H,7-11H2,1-2H3,(H,27,33). The van der Waals surface area contributed by atoms with Gasteiger partial charge in [-0.05, 0) is 25.1 Å². The molecule has 0 saturated carbocycles. The van der Waals surface area contributed by atoms with Crippen LogP contribution in [0.3, 0.4) is 0 Å². The van der Waals surface area contributed by atoms with E-state index < -0.39 is 17.3 Å². The zero-order valence-electron chi connectivity index (χ0n) is 18.2. The molecule has 33 heavy (non-hydrogen) atoms. The van der Waals surface area contributed by atoms with Crippen LogP contribution in [0.25, 0.3) is 22.4 Å². The fourth-order valence-corrected chi connectivity index (χ4v) is 4.04. The molecule has 0 spiro atoms. The van der Waals surface area contributed by atoms with E-state index in [-0.39, 0.29) is 5.52 Å². The number of nitrogens with one attached hydrogen (secondary N) is 1. The molecular formula is C22H22F2N8O. The number of aromatic amines is 1. The molecule has 0 radical (unpaired) electrons. The molecule has 1 N–H and O–H groups in total. The largest absolute Gasteiger partial charge is 0.365 e. The molecule has 4 heterocycles. The highest BCUT2D eigenvalue weighted by Gasteiger charge is 2.22. The highest BCUT2D eigenvalue weighted by Crippen LogP contribution is 2.24. The summed E-state index contributed by atoms with van der Waals surface area (Å²) >= 11 is 0. The molecule has 1 aromatic carbocycles. The van der Waals surface area contributed by atoms with E-state index in [1.54, 1.807) is 44.4 Å². The normalized spacial score (nSPS) is 14.8. The van der Waals surface area contributed by atoms with Crippen molar-refractivity contribution in [2.24, 2.45) is 7.05 Å². The van der Waals surface area contributed by atoms with Gasteiger partial charge in [0.15, 0.2) is 5.82 Å². The summed E-state index contributed by atoms with van der Waals surface area (Å²) in [5, 5.41) is 7.81. The second-order valence-corrected chi connectivity index (χ2v) is 8.13. The van der Waals surface area contributed by atoms with Crippen LogP contribution in [0.2, 0.25) is 0 Å². The zero-order chi connectivity index (χ0) is 23.1. The number of rotatable bonds is 4. The van der Waals surface area contributed by atoms with Crippen LogP contribution in [0.15, 0.2) is 35.3 Å². The van der Waals surface area contributed by atoms with Gasteiger partial charge in [-0.25, -0.2) is 14.4 Å². The first-order chi connectivity index (χ1) is 15.9. The maximum absolute atomic E-state index is 15.0. The van der Waals surface area contributed by atoms with Gasteiger partial charge in [0.05, 0.1) is 23.1 Å². The number of H-pyrrole nitrogens is 1. The third-order valence-corrected chi connectivity index (χ3v) is 5.86. The molecule has 170 valence electrons. The summed E-state index contributed by atoms with van der Waals surface area (Å²) in [6.07, 6.45) is 1.68. The van der Waals surface area contributed by atoms with Gasteiger partial charge in [-0.1, -0.05) is 11.3 Å². The fraction of sp³-hybridized carbons (Fsp3) is 0.318. The Balaban J connectivity index is 1.27. The molecule has 9 nitrogen and oxygen atoms in total. The number of aryl methyl sites for hydroxylation is 2. The molecule has 5 rings (SSSR count). The van der Waals surface area contributed by atoms with Crippen molar-refractivity contribution in [2.75, 3.05) is 31.1 Å². The van der Waals surface area contributed by atoms with Crippen LogP contribution in [0.1, 0.15) is 11.3 Å². The summed E-state index contributed by atoms with van der Waals surface area (Å²) in [5.41, 5.74) is 2.31. The minimum atomic E-state index is -0.557. The lowest BCUT2D eigenvalue weighted by Crippen LogP contribution is -2.46. The van der Waals surface area contributed by atoms with Gasteiger partial charge in [-0.2, -0.15) is 4.39 Å². The summed E-state index contributed by atoms with van der Waals surface area (Å²) < 4.78 is 31.3. The lowest BCUT2D eigenvalue weighted by Gasteiger charge is -2.36. The average Bonchev–Trinajstić information content (AvgIpc) is 3.24. The fourth-order valence-electron chi connectivity index (χ4n) is 4.04. The summed E-state index contributed by atoms with van der Waals surface area (Å²) in [7, 11) is 1.74. The lowest BCUT2D eigenvalue weighted by atomic mass is 10.1. The van der Waals surface area contributed by atoms with Crippen LogP contribution in [0, 0.1) is 18.7 Å². The predicted molar refractivity (Wildman–Crippen MR) is 119 cm³/mol. The van der Waals surface area contributed by atoms with Crippen LogP contribution in [-0.4, -0.2) is 61.0 Å². The highest BCUT2D eigenvalue weighted by molar-refractivity contribution is 5.75. The van der Waals surface area contributed by atoms with E-state index in [2.05, 4.69) is 30.2 Å². The van der Waals surface area contributed by atoms with Crippen molar-refractivity contribution < 1.29 is 8.78 Å². The number of benzene rings is 1. The second-order valence-electron chi connectivity index (χ2n) is 8.13. The molecule has 0 atom stereocenters. The summed E-state index contributed by atoms with van der Waals surface area (Å²) in [6, 6.07) is 6.85. The van der Waals surface area contributed by atoms with E-state index in [1.807, 2.05) is 4.90 Å². The number of pyridine rings is 1. The van der Waals surface area contributed by atoms with Crippen molar-refractivity contribution in [3.63, 3.8) is 0 Å². The Kier molecular flexibility index (Phi) is 5.33. The van der Waals surface area contributed by atoms with Gasteiger partial charge in [-0.3, -0.25) is 14.4 Å².